The van der Waals surface area contributed by atoms with Crippen LogP contribution < -0.4 is 5.73 Å². The van der Waals surface area contributed by atoms with Gasteiger partial charge in [0.05, 0.1) is 4.47 Å². The predicted molar refractivity (Wildman–Crippen MR) is 87.6 cm³/mol. The van der Waals surface area contributed by atoms with Gasteiger partial charge in [-0.25, -0.2) is 4.39 Å². The van der Waals surface area contributed by atoms with Crippen LogP contribution in [0.2, 0.25) is 0 Å². The van der Waals surface area contributed by atoms with Gasteiger partial charge in [-0.15, -0.1) is 0 Å². The second-order valence-electron chi connectivity index (χ2n) is 6.42. The first-order valence-electron chi connectivity index (χ1n) is 8.11. The highest BCUT2D eigenvalue weighted by Crippen LogP contribution is 2.39. The van der Waals surface area contributed by atoms with Gasteiger partial charge in [0.15, 0.2) is 0 Å². The smallest absolute Gasteiger partial charge is 0.137 e. The molecule has 1 heterocycles. The molecule has 0 amide bonds. The topological polar surface area (TPSA) is 29.3 Å². The van der Waals surface area contributed by atoms with Crippen LogP contribution in [0.1, 0.15) is 50.1 Å². The molecule has 1 aromatic carbocycles. The van der Waals surface area contributed by atoms with E-state index in [1.807, 2.05) is 6.07 Å². The molecule has 2 N–H and O–H groups in total. The largest absolute Gasteiger partial charge is 0.329 e. The van der Waals surface area contributed by atoms with Crippen molar-refractivity contribution in [3.05, 3.63) is 34.1 Å². The summed E-state index contributed by atoms with van der Waals surface area (Å²) in [5.74, 6) is 0.629. The first-order chi connectivity index (χ1) is 10.2. The maximum atomic E-state index is 13.9. The van der Waals surface area contributed by atoms with Crippen molar-refractivity contribution in [2.24, 2.45) is 11.7 Å². The van der Waals surface area contributed by atoms with Crippen LogP contribution in [0.4, 0.5) is 4.39 Å². The Kier molecular flexibility index (Phi) is 4.97. The van der Waals surface area contributed by atoms with E-state index < -0.39 is 0 Å². The average Bonchev–Trinajstić information content (AvgIpc) is 3.14. The number of benzene rings is 1. The van der Waals surface area contributed by atoms with Crippen molar-refractivity contribution in [3.8, 4) is 0 Å². The number of nitrogens with two attached hydrogens (primary N) is 1. The molecule has 1 aromatic rings. The lowest BCUT2D eigenvalue weighted by Gasteiger charge is -2.36. The van der Waals surface area contributed by atoms with Crippen LogP contribution in [0, 0.1) is 11.7 Å². The molecule has 1 aliphatic heterocycles. The number of likely N-dealkylation sites (tertiary alicyclic amines) is 1. The Morgan fingerprint density at radius 1 is 1.24 bits per heavy atom. The van der Waals surface area contributed by atoms with Gasteiger partial charge in [0.2, 0.25) is 0 Å². The van der Waals surface area contributed by atoms with Crippen LogP contribution in [-0.4, -0.2) is 24.0 Å². The van der Waals surface area contributed by atoms with E-state index in [1.165, 1.54) is 38.5 Å². The Bertz CT molecular complexity index is 488. The van der Waals surface area contributed by atoms with Crippen molar-refractivity contribution < 1.29 is 4.39 Å². The molecule has 0 bridgehead atoms. The predicted octanol–water partition coefficient (Wildman–Crippen LogP) is 4.24. The van der Waals surface area contributed by atoms with Crippen molar-refractivity contribution >= 4 is 15.9 Å². The zero-order chi connectivity index (χ0) is 14.8. The van der Waals surface area contributed by atoms with Gasteiger partial charge in [-0.1, -0.05) is 18.9 Å². The fourth-order valence-corrected chi connectivity index (χ4v) is 4.48. The molecule has 2 fully saturated rings. The second-order valence-corrected chi connectivity index (χ2v) is 7.27. The lowest BCUT2D eigenvalue weighted by atomic mass is 9.94. The highest BCUT2D eigenvalue weighted by Gasteiger charge is 2.37. The molecule has 2 unspecified atom stereocenters. The summed E-state index contributed by atoms with van der Waals surface area (Å²) in [6.45, 7) is 1.66. The van der Waals surface area contributed by atoms with E-state index >= 15 is 0 Å². The van der Waals surface area contributed by atoms with Gasteiger partial charge in [-0.2, -0.15) is 0 Å². The Balaban J connectivity index is 1.82. The highest BCUT2D eigenvalue weighted by molar-refractivity contribution is 9.10. The summed E-state index contributed by atoms with van der Waals surface area (Å²) in [5.41, 5.74) is 7.07. The Hall–Kier alpha value is -0.450. The third-order valence-corrected chi connectivity index (χ3v) is 5.88. The monoisotopic (exact) mass is 354 g/mol. The second kappa shape index (κ2) is 6.76. The summed E-state index contributed by atoms with van der Waals surface area (Å²) in [7, 11) is 0. The summed E-state index contributed by atoms with van der Waals surface area (Å²) < 4.78 is 14.4. The normalized spacial score (nSPS) is 25.6. The Morgan fingerprint density at radius 3 is 2.67 bits per heavy atom. The SMILES string of the molecule is NCC(c1ccc(Br)c(F)c1)N1CCCC1C1CCCC1. The van der Waals surface area contributed by atoms with E-state index in [1.54, 1.807) is 12.1 Å². The first kappa shape index (κ1) is 15.4. The maximum absolute atomic E-state index is 13.9. The van der Waals surface area contributed by atoms with Gasteiger partial charge in [-0.05, 0) is 71.8 Å². The van der Waals surface area contributed by atoms with Crippen LogP contribution in [0.5, 0.6) is 0 Å². The molecule has 0 aromatic heterocycles. The molecule has 4 heteroatoms. The molecule has 21 heavy (non-hydrogen) atoms. The standard InChI is InChI=1S/C17H24BrFN2/c18-14-8-7-13(10-15(14)19)17(11-20)21-9-3-6-16(21)12-4-1-2-5-12/h7-8,10,12,16-17H,1-6,9,11,20H2. The highest BCUT2D eigenvalue weighted by atomic mass is 79.9. The number of hydrogen-bond donors (Lipinski definition) is 1. The van der Waals surface area contributed by atoms with Gasteiger partial charge in [0, 0.05) is 18.6 Å². The minimum atomic E-state index is -0.192. The fourth-order valence-electron chi connectivity index (χ4n) is 4.23. The molecule has 3 rings (SSSR count). The number of hydrogen-bond acceptors (Lipinski definition) is 2. The molecule has 116 valence electrons. The van der Waals surface area contributed by atoms with Gasteiger partial charge in [0.25, 0.3) is 0 Å². The van der Waals surface area contributed by atoms with E-state index in [-0.39, 0.29) is 11.9 Å². The Morgan fingerprint density at radius 2 is 2.00 bits per heavy atom. The van der Waals surface area contributed by atoms with E-state index in [0.29, 0.717) is 17.1 Å². The quantitative estimate of drug-likeness (QED) is 0.875. The third kappa shape index (κ3) is 3.17. The molecule has 1 aliphatic carbocycles. The molecule has 2 aliphatic rings. The summed E-state index contributed by atoms with van der Waals surface area (Å²) in [4.78, 5) is 2.55. The van der Waals surface area contributed by atoms with Crippen molar-refractivity contribution in [3.63, 3.8) is 0 Å². The molecule has 2 atom stereocenters. The number of rotatable bonds is 4. The molecule has 0 radical (unpaired) electrons. The molecular weight excluding hydrogens is 331 g/mol. The first-order valence-corrected chi connectivity index (χ1v) is 8.90. The van der Waals surface area contributed by atoms with Crippen molar-refractivity contribution in [1.29, 1.82) is 0 Å². The van der Waals surface area contributed by atoms with E-state index in [2.05, 4.69) is 20.8 Å². The van der Waals surface area contributed by atoms with Gasteiger partial charge in [-0.3, -0.25) is 4.90 Å². The molecule has 1 saturated heterocycles. The van der Waals surface area contributed by atoms with Crippen LogP contribution in [-0.2, 0) is 0 Å². The summed E-state index contributed by atoms with van der Waals surface area (Å²) >= 11 is 3.23. The van der Waals surface area contributed by atoms with Gasteiger partial charge < -0.3 is 5.73 Å². The average molecular weight is 355 g/mol. The minimum Gasteiger partial charge on any atom is -0.329 e. The number of nitrogens with zero attached hydrogens (tertiary/aromatic N) is 1. The maximum Gasteiger partial charge on any atom is 0.137 e. The number of halogens is 2. The van der Waals surface area contributed by atoms with E-state index in [9.17, 15) is 4.39 Å². The van der Waals surface area contributed by atoms with Gasteiger partial charge in [0.1, 0.15) is 5.82 Å². The van der Waals surface area contributed by atoms with Gasteiger partial charge >= 0.3 is 0 Å². The summed E-state index contributed by atoms with van der Waals surface area (Å²) in [6, 6.07) is 6.25. The van der Waals surface area contributed by atoms with Crippen molar-refractivity contribution in [2.45, 2.75) is 50.6 Å². The van der Waals surface area contributed by atoms with Crippen LogP contribution in [0.3, 0.4) is 0 Å². The molecule has 2 nitrogen and oxygen atoms in total. The minimum absolute atomic E-state index is 0.153. The zero-order valence-corrected chi connectivity index (χ0v) is 14.0. The third-order valence-electron chi connectivity index (χ3n) is 5.24. The fraction of sp³-hybridized carbons (Fsp3) is 0.647. The van der Waals surface area contributed by atoms with Crippen LogP contribution in [0.15, 0.2) is 22.7 Å². The molecule has 1 saturated carbocycles. The Labute approximate surface area is 135 Å². The van der Waals surface area contributed by atoms with Crippen LogP contribution in [0.25, 0.3) is 0 Å². The summed E-state index contributed by atoms with van der Waals surface area (Å²) in [5, 5.41) is 0. The van der Waals surface area contributed by atoms with Crippen LogP contribution >= 0.6 is 15.9 Å². The lowest BCUT2D eigenvalue weighted by Crippen LogP contribution is -2.40. The molecule has 0 spiro atoms. The lowest BCUT2D eigenvalue weighted by molar-refractivity contribution is 0.138. The molecular formula is C17H24BrFN2. The van der Waals surface area contributed by atoms with Crippen molar-refractivity contribution in [1.82, 2.24) is 4.90 Å². The van der Waals surface area contributed by atoms with E-state index in [0.717, 1.165) is 18.0 Å². The zero-order valence-electron chi connectivity index (χ0n) is 12.4. The van der Waals surface area contributed by atoms with E-state index in [4.69, 9.17) is 5.73 Å². The van der Waals surface area contributed by atoms with Crippen molar-refractivity contribution in [2.75, 3.05) is 13.1 Å². The summed E-state index contributed by atoms with van der Waals surface area (Å²) in [6.07, 6.45) is 7.97.